The third-order valence-electron chi connectivity index (χ3n) is 4.93. The number of benzene rings is 1. The van der Waals surface area contributed by atoms with Crippen molar-refractivity contribution in [2.75, 3.05) is 31.5 Å². The summed E-state index contributed by atoms with van der Waals surface area (Å²) in [6.07, 6.45) is 0.939. The minimum absolute atomic E-state index is 0.0206. The minimum atomic E-state index is -0.0676. The Bertz CT molecular complexity index is 791. The number of hydrogen-bond acceptors (Lipinski definition) is 4. The van der Waals surface area contributed by atoms with Crippen molar-refractivity contribution in [1.29, 1.82) is 0 Å². The van der Waals surface area contributed by atoms with E-state index in [4.69, 9.17) is 4.42 Å². The number of amides is 2. The van der Waals surface area contributed by atoms with Crippen LogP contribution in [-0.2, 0) is 11.3 Å². The molecular formula is C21H27N3O3. The van der Waals surface area contributed by atoms with Crippen molar-refractivity contribution < 1.29 is 14.0 Å². The number of hydrogen-bond donors (Lipinski definition) is 1. The maximum Gasteiger partial charge on any atom is 0.289 e. The molecule has 2 aromatic rings. The molecule has 0 atom stereocenters. The van der Waals surface area contributed by atoms with Gasteiger partial charge in [-0.05, 0) is 49.6 Å². The first-order valence-electron chi connectivity index (χ1n) is 9.37. The molecule has 6 heteroatoms. The molecule has 1 N–H and O–H groups in total. The number of furan rings is 1. The van der Waals surface area contributed by atoms with Crippen LogP contribution in [0.3, 0.4) is 0 Å². The second-order valence-electron chi connectivity index (χ2n) is 7.15. The number of carbonyl (C=O) groups excluding carboxylic acids is 2. The van der Waals surface area contributed by atoms with Gasteiger partial charge in [0, 0.05) is 45.3 Å². The van der Waals surface area contributed by atoms with Crippen LogP contribution >= 0.6 is 0 Å². The Labute approximate surface area is 160 Å². The van der Waals surface area contributed by atoms with Crippen LogP contribution in [-0.4, -0.2) is 47.8 Å². The number of carbonyl (C=O) groups is 2. The topological polar surface area (TPSA) is 65.8 Å². The third-order valence-corrected chi connectivity index (χ3v) is 4.93. The van der Waals surface area contributed by atoms with E-state index < -0.39 is 0 Å². The van der Waals surface area contributed by atoms with Gasteiger partial charge in [-0.15, -0.1) is 0 Å². The van der Waals surface area contributed by atoms with Crippen LogP contribution in [0, 0.1) is 13.8 Å². The lowest BCUT2D eigenvalue weighted by Gasteiger charge is -2.21. The fourth-order valence-electron chi connectivity index (χ4n) is 3.32. The van der Waals surface area contributed by atoms with Crippen LogP contribution in [0.1, 0.15) is 40.8 Å². The van der Waals surface area contributed by atoms with E-state index in [1.807, 2.05) is 49.1 Å². The molecule has 0 unspecified atom stereocenters. The minimum Gasteiger partial charge on any atom is -0.456 e. The van der Waals surface area contributed by atoms with Crippen LogP contribution in [0.15, 0.2) is 34.7 Å². The Morgan fingerprint density at radius 1 is 1.07 bits per heavy atom. The van der Waals surface area contributed by atoms with Gasteiger partial charge in [0.2, 0.25) is 5.91 Å². The molecule has 1 aliphatic heterocycles. The van der Waals surface area contributed by atoms with Crippen LogP contribution in [0.25, 0.3) is 0 Å². The second kappa shape index (κ2) is 8.39. The third kappa shape index (κ3) is 4.98. The van der Waals surface area contributed by atoms with Crippen molar-refractivity contribution in [2.24, 2.45) is 0 Å². The molecule has 0 saturated carbocycles. The molecule has 1 aliphatic rings. The van der Waals surface area contributed by atoms with Gasteiger partial charge in [-0.3, -0.25) is 14.5 Å². The highest BCUT2D eigenvalue weighted by Gasteiger charge is 2.23. The highest BCUT2D eigenvalue weighted by molar-refractivity contribution is 5.91. The molecule has 1 saturated heterocycles. The Morgan fingerprint density at radius 2 is 1.81 bits per heavy atom. The molecule has 1 aromatic carbocycles. The average Bonchev–Trinajstić information content (AvgIpc) is 2.82. The molecule has 0 spiro atoms. The van der Waals surface area contributed by atoms with Crippen LogP contribution in [0.2, 0.25) is 0 Å². The number of anilines is 1. The zero-order valence-electron chi connectivity index (χ0n) is 16.2. The first-order chi connectivity index (χ1) is 12.9. The van der Waals surface area contributed by atoms with Crippen LogP contribution < -0.4 is 5.32 Å². The van der Waals surface area contributed by atoms with Crippen molar-refractivity contribution in [3.8, 4) is 0 Å². The highest BCUT2D eigenvalue weighted by Crippen LogP contribution is 2.17. The lowest BCUT2D eigenvalue weighted by Crippen LogP contribution is -2.34. The maximum absolute atomic E-state index is 12.7. The van der Waals surface area contributed by atoms with E-state index in [2.05, 4.69) is 10.2 Å². The van der Waals surface area contributed by atoms with Crippen molar-refractivity contribution in [3.63, 3.8) is 0 Å². The molecule has 27 heavy (non-hydrogen) atoms. The number of nitrogens with zero attached hydrogens (tertiary/aromatic N) is 2. The quantitative estimate of drug-likeness (QED) is 0.899. The van der Waals surface area contributed by atoms with Crippen molar-refractivity contribution >= 4 is 17.5 Å². The molecular weight excluding hydrogens is 342 g/mol. The molecule has 6 nitrogen and oxygen atoms in total. The molecule has 0 radical (unpaired) electrons. The van der Waals surface area contributed by atoms with Crippen molar-refractivity contribution in [2.45, 2.75) is 33.7 Å². The fraction of sp³-hybridized carbons (Fsp3) is 0.429. The summed E-state index contributed by atoms with van der Waals surface area (Å²) in [7, 11) is 0. The molecule has 2 heterocycles. The van der Waals surface area contributed by atoms with Gasteiger partial charge in [-0.2, -0.15) is 0 Å². The Kier molecular flexibility index (Phi) is 5.96. The SMILES string of the molecule is CC(=O)Nc1ccc(CN2CCCN(C(=O)c3cc(C)c(C)o3)CC2)cc1. The summed E-state index contributed by atoms with van der Waals surface area (Å²) in [6.45, 7) is 9.40. The highest BCUT2D eigenvalue weighted by atomic mass is 16.4. The van der Waals surface area contributed by atoms with E-state index in [1.165, 1.54) is 12.5 Å². The van der Waals surface area contributed by atoms with Crippen LogP contribution in [0.4, 0.5) is 5.69 Å². The molecule has 1 fully saturated rings. The van der Waals surface area contributed by atoms with Crippen LogP contribution in [0.5, 0.6) is 0 Å². The van der Waals surface area contributed by atoms with Gasteiger partial charge in [0.05, 0.1) is 0 Å². The largest absolute Gasteiger partial charge is 0.456 e. The Morgan fingerprint density at radius 3 is 2.44 bits per heavy atom. The summed E-state index contributed by atoms with van der Waals surface area (Å²) in [6, 6.07) is 9.75. The molecule has 1 aromatic heterocycles. The smallest absolute Gasteiger partial charge is 0.289 e. The van der Waals surface area contributed by atoms with E-state index in [0.29, 0.717) is 12.3 Å². The van der Waals surface area contributed by atoms with E-state index in [-0.39, 0.29) is 11.8 Å². The van der Waals surface area contributed by atoms with Gasteiger partial charge in [0.15, 0.2) is 5.76 Å². The molecule has 0 bridgehead atoms. The van der Waals surface area contributed by atoms with Gasteiger partial charge >= 0.3 is 0 Å². The lowest BCUT2D eigenvalue weighted by atomic mass is 10.2. The van der Waals surface area contributed by atoms with Gasteiger partial charge in [0.1, 0.15) is 5.76 Å². The summed E-state index contributed by atoms with van der Waals surface area (Å²) >= 11 is 0. The first kappa shape index (κ1) is 19.2. The van der Waals surface area contributed by atoms with E-state index in [0.717, 1.165) is 49.6 Å². The van der Waals surface area contributed by atoms with Gasteiger partial charge in [-0.25, -0.2) is 0 Å². The first-order valence-corrected chi connectivity index (χ1v) is 9.37. The monoisotopic (exact) mass is 369 g/mol. The second-order valence-corrected chi connectivity index (χ2v) is 7.15. The summed E-state index contributed by atoms with van der Waals surface area (Å²) in [5, 5.41) is 2.78. The number of aryl methyl sites for hydroxylation is 2. The van der Waals surface area contributed by atoms with E-state index in [9.17, 15) is 9.59 Å². The number of nitrogens with one attached hydrogen (secondary N) is 1. The zero-order chi connectivity index (χ0) is 19.4. The lowest BCUT2D eigenvalue weighted by molar-refractivity contribution is -0.114. The molecule has 0 aliphatic carbocycles. The van der Waals surface area contributed by atoms with Gasteiger partial charge in [-0.1, -0.05) is 12.1 Å². The summed E-state index contributed by atoms with van der Waals surface area (Å²) in [4.78, 5) is 28.0. The van der Waals surface area contributed by atoms with E-state index in [1.54, 1.807) is 0 Å². The standard InChI is InChI=1S/C21H27N3O3/c1-15-13-20(27-16(15)2)21(26)24-10-4-9-23(11-12-24)14-18-5-7-19(8-6-18)22-17(3)25/h5-8,13H,4,9-12,14H2,1-3H3,(H,22,25). The predicted octanol–water partition coefficient (Wildman–Crippen LogP) is 3.20. The zero-order valence-corrected chi connectivity index (χ0v) is 16.2. The van der Waals surface area contributed by atoms with E-state index >= 15 is 0 Å². The summed E-state index contributed by atoms with van der Waals surface area (Å²) < 4.78 is 5.60. The fourth-order valence-corrected chi connectivity index (χ4v) is 3.32. The van der Waals surface area contributed by atoms with Crippen molar-refractivity contribution in [3.05, 3.63) is 53.0 Å². The predicted molar refractivity (Wildman–Crippen MR) is 105 cm³/mol. The van der Waals surface area contributed by atoms with Gasteiger partial charge in [0.25, 0.3) is 5.91 Å². The summed E-state index contributed by atoms with van der Waals surface area (Å²) in [5.74, 6) is 1.15. The Hall–Kier alpha value is -2.60. The average molecular weight is 369 g/mol. The molecule has 144 valence electrons. The van der Waals surface area contributed by atoms with Crippen molar-refractivity contribution in [1.82, 2.24) is 9.80 Å². The molecule has 2 amide bonds. The summed E-state index contributed by atoms with van der Waals surface area (Å²) in [5.41, 5.74) is 3.02. The number of rotatable bonds is 4. The van der Waals surface area contributed by atoms with Gasteiger partial charge < -0.3 is 14.6 Å². The normalized spacial score (nSPS) is 15.4. The Balaban J connectivity index is 1.56. The maximum atomic E-state index is 12.7. The molecule has 3 rings (SSSR count).